The molecule has 4 nitrogen and oxygen atoms in total. The second-order valence-corrected chi connectivity index (χ2v) is 5.25. The Morgan fingerprint density at radius 3 is 3.11 bits per heavy atom. The molecule has 3 rings (SSSR count). The molecule has 1 aliphatic carbocycles. The molecule has 0 aliphatic heterocycles. The summed E-state index contributed by atoms with van der Waals surface area (Å²) >= 11 is 0. The molecular formula is C15H20N4. The number of nitrogens with one attached hydrogen (secondary N) is 2. The first-order valence-corrected chi connectivity index (χ1v) is 6.86. The predicted octanol–water partition coefficient (Wildman–Crippen LogP) is 2.09. The van der Waals surface area contributed by atoms with Crippen LogP contribution in [-0.4, -0.2) is 23.5 Å². The van der Waals surface area contributed by atoms with E-state index < -0.39 is 0 Å². The number of guanidine groups is 1. The molecule has 1 aromatic heterocycles. The van der Waals surface area contributed by atoms with Crippen molar-refractivity contribution in [3.63, 3.8) is 0 Å². The van der Waals surface area contributed by atoms with E-state index in [2.05, 4.69) is 46.6 Å². The van der Waals surface area contributed by atoms with Crippen LogP contribution in [0.5, 0.6) is 0 Å². The summed E-state index contributed by atoms with van der Waals surface area (Å²) in [6.45, 7) is 2.87. The number of hydrogen-bond donors (Lipinski definition) is 3. The van der Waals surface area contributed by atoms with Crippen LogP contribution in [0.4, 0.5) is 0 Å². The van der Waals surface area contributed by atoms with E-state index >= 15 is 0 Å². The number of aryl methyl sites for hydroxylation is 1. The van der Waals surface area contributed by atoms with Crippen LogP contribution in [-0.2, 0) is 6.42 Å². The summed E-state index contributed by atoms with van der Waals surface area (Å²) in [5, 5.41) is 4.53. The van der Waals surface area contributed by atoms with Gasteiger partial charge < -0.3 is 16.0 Å². The molecule has 0 radical (unpaired) electrons. The zero-order valence-corrected chi connectivity index (χ0v) is 11.2. The molecule has 1 heterocycles. The summed E-state index contributed by atoms with van der Waals surface area (Å²) in [6.07, 6.45) is 5.44. The Morgan fingerprint density at radius 2 is 2.32 bits per heavy atom. The molecule has 0 spiro atoms. The summed E-state index contributed by atoms with van der Waals surface area (Å²) in [7, 11) is 0. The maximum atomic E-state index is 5.83. The first-order valence-electron chi connectivity index (χ1n) is 6.86. The van der Waals surface area contributed by atoms with Crippen LogP contribution in [0.3, 0.4) is 0 Å². The van der Waals surface area contributed by atoms with Gasteiger partial charge in [0.05, 0.1) is 0 Å². The molecule has 100 valence electrons. The van der Waals surface area contributed by atoms with Crippen molar-refractivity contribution in [2.24, 2.45) is 10.7 Å². The number of hydrogen-bond acceptors (Lipinski definition) is 1. The van der Waals surface area contributed by atoms with Crippen molar-refractivity contribution in [2.75, 3.05) is 6.54 Å². The predicted molar refractivity (Wildman–Crippen MR) is 79.4 cm³/mol. The smallest absolute Gasteiger partial charge is 0.188 e. The third kappa shape index (κ3) is 2.72. The summed E-state index contributed by atoms with van der Waals surface area (Å²) in [6, 6.07) is 6.90. The SMILES string of the molecule is Cc1cccc2[nH]cc(CCN=C(N)NC3CC3)c12. The number of benzene rings is 1. The Bertz CT molecular complexity index is 608. The van der Waals surface area contributed by atoms with Crippen molar-refractivity contribution in [2.45, 2.75) is 32.2 Å². The van der Waals surface area contributed by atoms with Gasteiger partial charge >= 0.3 is 0 Å². The number of fused-ring (bicyclic) bond motifs is 1. The van der Waals surface area contributed by atoms with E-state index in [0.29, 0.717) is 12.0 Å². The molecule has 0 unspecified atom stereocenters. The zero-order valence-electron chi connectivity index (χ0n) is 11.2. The molecule has 1 aromatic carbocycles. The molecule has 19 heavy (non-hydrogen) atoms. The highest BCUT2D eigenvalue weighted by atomic mass is 15.1. The maximum absolute atomic E-state index is 5.83. The fourth-order valence-corrected chi connectivity index (χ4v) is 2.43. The molecule has 2 aromatic rings. The van der Waals surface area contributed by atoms with Crippen LogP contribution in [0.25, 0.3) is 10.9 Å². The topological polar surface area (TPSA) is 66.2 Å². The van der Waals surface area contributed by atoms with Gasteiger partial charge in [-0.25, -0.2) is 0 Å². The number of aromatic nitrogens is 1. The van der Waals surface area contributed by atoms with Crippen molar-refractivity contribution in [3.05, 3.63) is 35.5 Å². The van der Waals surface area contributed by atoms with E-state index in [9.17, 15) is 0 Å². The van der Waals surface area contributed by atoms with Gasteiger partial charge in [-0.3, -0.25) is 4.99 Å². The second kappa shape index (κ2) is 4.96. The van der Waals surface area contributed by atoms with E-state index in [-0.39, 0.29) is 0 Å². The van der Waals surface area contributed by atoms with Crippen molar-refractivity contribution in [1.82, 2.24) is 10.3 Å². The van der Waals surface area contributed by atoms with Crippen LogP contribution in [0.2, 0.25) is 0 Å². The minimum atomic E-state index is 0.569. The third-order valence-electron chi connectivity index (χ3n) is 3.59. The number of rotatable bonds is 4. The summed E-state index contributed by atoms with van der Waals surface area (Å²) < 4.78 is 0. The Balaban J connectivity index is 1.68. The lowest BCUT2D eigenvalue weighted by molar-refractivity contribution is 0.871. The minimum Gasteiger partial charge on any atom is -0.370 e. The monoisotopic (exact) mass is 256 g/mol. The van der Waals surface area contributed by atoms with Crippen LogP contribution in [0.1, 0.15) is 24.0 Å². The molecule has 4 N–H and O–H groups in total. The van der Waals surface area contributed by atoms with Crippen molar-refractivity contribution >= 4 is 16.9 Å². The number of aliphatic imine (C=N–C) groups is 1. The van der Waals surface area contributed by atoms with Crippen molar-refractivity contribution in [1.29, 1.82) is 0 Å². The largest absolute Gasteiger partial charge is 0.370 e. The second-order valence-electron chi connectivity index (χ2n) is 5.25. The molecule has 0 atom stereocenters. The fourth-order valence-electron chi connectivity index (χ4n) is 2.43. The zero-order chi connectivity index (χ0) is 13.2. The van der Waals surface area contributed by atoms with Gasteiger partial charge in [-0.15, -0.1) is 0 Å². The van der Waals surface area contributed by atoms with Crippen LogP contribution in [0.15, 0.2) is 29.4 Å². The summed E-state index contributed by atoms with van der Waals surface area (Å²) in [4.78, 5) is 7.70. The third-order valence-corrected chi connectivity index (χ3v) is 3.59. The van der Waals surface area contributed by atoms with E-state index in [4.69, 9.17) is 5.73 Å². The molecule has 1 saturated carbocycles. The highest BCUT2D eigenvalue weighted by Gasteiger charge is 2.21. The first-order chi connectivity index (χ1) is 9.24. The number of H-pyrrole nitrogens is 1. The molecule has 0 amide bonds. The lowest BCUT2D eigenvalue weighted by Gasteiger charge is -2.03. The van der Waals surface area contributed by atoms with Gasteiger partial charge in [0.2, 0.25) is 0 Å². The lowest BCUT2D eigenvalue weighted by Crippen LogP contribution is -2.33. The summed E-state index contributed by atoms with van der Waals surface area (Å²) in [5.41, 5.74) is 9.65. The normalized spacial score (nSPS) is 15.9. The van der Waals surface area contributed by atoms with E-state index in [1.54, 1.807) is 0 Å². The molecule has 1 aliphatic rings. The average molecular weight is 256 g/mol. The molecule has 4 heteroatoms. The highest BCUT2D eigenvalue weighted by Crippen LogP contribution is 2.22. The first kappa shape index (κ1) is 12.1. The highest BCUT2D eigenvalue weighted by molar-refractivity contribution is 5.86. The van der Waals surface area contributed by atoms with Gasteiger partial charge in [0, 0.05) is 29.7 Å². The molecule has 1 fully saturated rings. The van der Waals surface area contributed by atoms with Gasteiger partial charge in [-0.05, 0) is 43.4 Å². The van der Waals surface area contributed by atoms with E-state index in [1.807, 2.05) is 0 Å². The van der Waals surface area contributed by atoms with Gasteiger partial charge in [-0.1, -0.05) is 12.1 Å². The molecule has 0 saturated heterocycles. The molecule has 0 bridgehead atoms. The maximum Gasteiger partial charge on any atom is 0.188 e. The average Bonchev–Trinajstić information content (AvgIpc) is 3.09. The van der Waals surface area contributed by atoms with Gasteiger partial charge in [0.1, 0.15) is 0 Å². The van der Waals surface area contributed by atoms with Crippen molar-refractivity contribution < 1.29 is 0 Å². The number of nitrogens with two attached hydrogens (primary N) is 1. The van der Waals surface area contributed by atoms with Crippen LogP contribution in [0, 0.1) is 6.92 Å². The fraction of sp³-hybridized carbons (Fsp3) is 0.400. The van der Waals surface area contributed by atoms with Gasteiger partial charge in [-0.2, -0.15) is 0 Å². The van der Waals surface area contributed by atoms with Gasteiger partial charge in [0.15, 0.2) is 5.96 Å². The Hall–Kier alpha value is -1.97. The lowest BCUT2D eigenvalue weighted by atomic mass is 10.1. The number of aromatic amines is 1. The van der Waals surface area contributed by atoms with E-state index in [1.165, 1.54) is 34.9 Å². The minimum absolute atomic E-state index is 0.569. The van der Waals surface area contributed by atoms with E-state index in [0.717, 1.165) is 13.0 Å². The Morgan fingerprint density at radius 1 is 1.47 bits per heavy atom. The van der Waals surface area contributed by atoms with Crippen LogP contribution < -0.4 is 11.1 Å². The van der Waals surface area contributed by atoms with Crippen LogP contribution >= 0.6 is 0 Å². The Labute approximate surface area is 113 Å². The number of nitrogens with zero attached hydrogens (tertiary/aromatic N) is 1. The molecular weight excluding hydrogens is 236 g/mol. The van der Waals surface area contributed by atoms with Gasteiger partial charge in [0.25, 0.3) is 0 Å². The van der Waals surface area contributed by atoms with Crippen molar-refractivity contribution in [3.8, 4) is 0 Å². The quantitative estimate of drug-likeness (QED) is 0.579. The standard InChI is InChI=1S/C15H20N4/c1-10-3-2-4-13-14(10)11(9-18-13)7-8-17-15(16)19-12-5-6-12/h2-4,9,12,18H,5-8H2,1H3,(H3,16,17,19). The summed E-state index contributed by atoms with van der Waals surface area (Å²) in [5.74, 6) is 0.582. The Kier molecular flexibility index (Phi) is 3.15.